The number of hydrogen-bond donors (Lipinski definition) is 0. The highest BCUT2D eigenvalue weighted by atomic mass is 32.1. The first-order chi connectivity index (χ1) is 17.6. The Morgan fingerprint density at radius 1 is 0.917 bits per heavy atom. The Bertz CT molecular complexity index is 1630. The number of rotatable bonds is 4. The number of thiophene rings is 1. The van der Waals surface area contributed by atoms with Gasteiger partial charge in [0.05, 0.1) is 4.88 Å². The predicted octanol–water partition coefficient (Wildman–Crippen LogP) is 7.27. The summed E-state index contributed by atoms with van der Waals surface area (Å²) in [6, 6.07) is 24.5. The van der Waals surface area contributed by atoms with Crippen LogP contribution in [0.25, 0.3) is 32.6 Å². The molecule has 7 rings (SSSR count). The third kappa shape index (κ3) is 3.24. The van der Waals surface area contributed by atoms with Crippen LogP contribution in [0.4, 0.5) is 11.4 Å². The fraction of sp³-hybridized carbons (Fsp3) is 0.233. The molecule has 2 aliphatic rings. The maximum atomic E-state index is 11.2. The van der Waals surface area contributed by atoms with Crippen LogP contribution in [-0.4, -0.2) is 27.3 Å². The quantitative estimate of drug-likeness (QED) is 0.249. The minimum atomic E-state index is 0.530. The van der Waals surface area contributed by atoms with Gasteiger partial charge in [-0.1, -0.05) is 42.3 Å². The van der Waals surface area contributed by atoms with Crippen LogP contribution >= 0.6 is 11.3 Å². The summed E-state index contributed by atoms with van der Waals surface area (Å²) in [4.78, 5) is 17.2. The molecule has 0 N–H and O–H groups in total. The molecular formula is C30H26N4OS. The highest BCUT2D eigenvalue weighted by molar-refractivity contribution is 7.17. The van der Waals surface area contributed by atoms with Gasteiger partial charge >= 0.3 is 0 Å². The maximum Gasteiger partial charge on any atom is 0.160 e. The van der Waals surface area contributed by atoms with Crippen LogP contribution in [0.1, 0.15) is 46.0 Å². The standard InChI is InChI=1S/C30H26N4OS/c1-18-6-9-20(10-7-18)34-26-5-3-4-23(26)25-16-19(8-14-27(25)34)22-12-13-24(28-15-11-21(17-35)36-28)30-29(22)31-33(2)32-30/h6-17,23,26H,3-5H2,1-2H3. The molecule has 178 valence electrons. The first-order valence-corrected chi connectivity index (χ1v) is 13.3. The summed E-state index contributed by atoms with van der Waals surface area (Å²) >= 11 is 1.49. The molecule has 1 saturated carbocycles. The van der Waals surface area contributed by atoms with Crippen molar-refractivity contribution in [1.29, 1.82) is 0 Å². The molecule has 5 nitrogen and oxygen atoms in total. The molecule has 3 aromatic carbocycles. The fourth-order valence-electron chi connectivity index (χ4n) is 6.15. The van der Waals surface area contributed by atoms with E-state index in [-0.39, 0.29) is 0 Å². The molecule has 0 bridgehead atoms. The lowest BCUT2D eigenvalue weighted by atomic mass is 9.93. The van der Waals surface area contributed by atoms with E-state index in [9.17, 15) is 4.79 Å². The van der Waals surface area contributed by atoms with Crippen molar-refractivity contribution in [3.8, 4) is 21.6 Å². The van der Waals surface area contributed by atoms with Crippen LogP contribution in [0, 0.1) is 6.92 Å². The van der Waals surface area contributed by atoms with E-state index in [1.165, 1.54) is 58.7 Å². The molecule has 0 radical (unpaired) electrons. The molecule has 5 aromatic rings. The van der Waals surface area contributed by atoms with Gasteiger partial charge in [0, 0.05) is 46.4 Å². The minimum absolute atomic E-state index is 0.530. The van der Waals surface area contributed by atoms with Gasteiger partial charge in [-0.3, -0.25) is 4.79 Å². The summed E-state index contributed by atoms with van der Waals surface area (Å²) in [7, 11) is 1.87. The molecule has 36 heavy (non-hydrogen) atoms. The van der Waals surface area contributed by atoms with Gasteiger partial charge in [0.25, 0.3) is 0 Å². The Hall–Kier alpha value is -3.77. The van der Waals surface area contributed by atoms with E-state index < -0.39 is 0 Å². The van der Waals surface area contributed by atoms with Crippen LogP contribution in [0.15, 0.2) is 66.7 Å². The molecule has 1 aliphatic heterocycles. The number of aldehydes is 1. The van der Waals surface area contributed by atoms with Crippen LogP contribution in [0.2, 0.25) is 0 Å². The van der Waals surface area contributed by atoms with Gasteiger partial charge in [-0.05, 0) is 67.3 Å². The van der Waals surface area contributed by atoms with E-state index in [2.05, 4.69) is 66.4 Å². The van der Waals surface area contributed by atoms with Gasteiger partial charge in [0.15, 0.2) is 6.29 Å². The lowest BCUT2D eigenvalue weighted by Gasteiger charge is -2.27. The zero-order valence-electron chi connectivity index (χ0n) is 20.3. The van der Waals surface area contributed by atoms with Crippen LogP contribution in [0.3, 0.4) is 0 Å². The van der Waals surface area contributed by atoms with Gasteiger partial charge < -0.3 is 4.90 Å². The largest absolute Gasteiger partial charge is 0.338 e. The van der Waals surface area contributed by atoms with E-state index in [0.717, 1.165) is 33.3 Å². The Balaban J connectivity index is 1.35. The van der Waals surface area contributed by atoms with E-state index in [4.69, 9.17) is 10.2 Å². The molecular weight excluding hydrogens is 464 g/mol. The number of anilines is 2. The number of hydrogen-bond acceptors (Lipinski definition) is 5. The van der Waals surface area contributed by atoms with Gasteiger partial charge in [-0.15, -0.1) is 11.3 Å². The molecule has 0 spiro atoms. The molecule has 1 fully saturated rings. The first-order valence-electron chi connectivity index (χ1n) is 12.5. The second-order valence-electron chi connectivity index (χ2n) is 9.95. The van der Waals surface area contributed by atoms with Crippen molar-refractivity contribution in [1.82, 2.24) is 15.0 Å². The van der Waals surface area contributed by atoms with Crippen LogP contribution in [0.5, 0.6) is 0 Å². The summed E-state index contributed by atoms with van der Waals surface area (Å²) in [5.41, 5.74) is 10.4. The summed E-state index contributed by atoms with van der Waals surface area (Å²) in [5, 5.41) is 9.47. The molecule has 2 unspecified atom stereocenters. The normalized spacial score (nSPS) is 18.6. The van der Waals surface area contributed by atoms with Crippen molar-refractivity contribution < 1.29 is 4.79 Å². The van der Waals surface area contributed by atoms with Gasteiger partial charge in [0.1, 0.15) is 11.0 Å². The van der Waals surface area contributed by atoms with Crippen molar-refractivity contribution >= 4 is 40.0 Å². The van der Waals surface area contributed by atoms with E-state index in [0.29, 0.717) is 16.8 Å². The highest BCUT2D eigenvalue weighted by Gasteiger charge is 2.42. The summed E-state index contributed by atoms with van der Waals surface area (Å²) < 4.78 is 0. The summed E-state index contributed by atoms with van der Waals surface area (Å²) in [6.07, 6.45) is 4.64. The lowest BCUT2D eigenvalue weighted by molar-refractivity contribution is 0.112. The van der Waals surface area contributed by atoms with Crippen molar-refractivity contribution in [2.45, 2.75) is 38.1 Å². The number of benzene rings is 3. The van der Waals surface area contributed by atoms with E-state index in [1.54, 1.807) is 4.80 Å². The lowest BCUT2D eigenvalue weighted by Crippen LogP contribution is -2.26. The summed E-state index contributed by atoms with van der Waals surface area (Å²) in [5.74, 6) is 0.561. The second-order valence-corrected chi connectivity index (χ2v) is 11.1. The Morgan fingerprint density at radius 2 is 1.69 bits per heavy atom. The first kappa shape index (κ1) is 21.5. The Labute approximate surface area is 214 Å². The zero-order valence-corrected chi connectivity index (χ0v) is 21.1. The monoisotopic (exact) mass is 490 g/mol. The average Bonchev–Trinajstić information content (AvgIpc) is 3.67. The van der Waals surface area contributed by atoms with Crippen molar-refractivity contribution in [2.24, 2.45) is 7.05 Å². The molecule has 3 heterocycles. The van der Waals surface area contributed by atoms with Gasteiger partial charge in [-0.2, -0.15) is 15.0 Å². The van der Waals surface area contributed by atoms with Gasteiger partial charge in [0.2, 0.25) is 0 Å². The third-order valence-electron chi connectivity index (χ3n) is 7.77. The molecule has 2 aromatic heterocycles. The average molecular weight is 491 g/mol. The highest BCUT2D eigenvalue weighted by Crippen LogP contribution is 2.53. The number of nitrogens with zero attached hydrogens (tertiary/aromatic N) is 4. The smallest absolute Gasteiger partial charge is 0.160 e. The number of carbonyl (C=O) groups excluding carboxylic acids is 1. The summed E-state index contributed by atoms with van der Waals surface area (Å²) in [6.45, 7) is 2.14. The number of aryl methyl sites for hydroxylation is 2. The van der Waals surface area contributed by atoms with Crippen molar-refractivity contribution in [3.63, 3.8) is 0 Å². The van der Waals surface area contributed by atoms with Crippen molar-refractivity contribution in [2.75, 3.05) is 4.90 Å². The Kier molecular flexibility index (Phi) is 4.86. The molecule has 2 atom stereocenters. The Morgan fingerprint density at radius 3 is 2.47 bits per heavy atom. The second kappa shape index (κ2) is 8.14. The SMILES string of the molecule is Cc1ccc(N2c3ccc(-c4ccc(-c5ccc(C=O)s5)c5nn(C)nc45)cc3C3CCCC32)cc1. The van der Waals surface area contributed by atoms with Crippen LogP contribution < -0.4 is 4.90 Å². The molecule has 6 heteroatoms. The van der Waals surface area contributed by atoms with Gasteiger partial charge in [-0.25, -0.2) is 0 Å². The topological polar surface area (TPSA) is 51.0 Å². The number of carbonyl (C=O) groups is 1. The number of aromatic nitrogens is 3. The predicted molar refractivity (Wildman–Crippen MR) is 146 cm³/mol. The van der Waals surface area contributed by atoms with E-state index in [1.807, 2.05) is 19.2 Å². The molecule has 0 saturated heterocycles. The zero-order chi connectivity index (χ0) is 24.4. The fourth-order valence-corrected chi connectivity index (χ4v) is 7.00. The van der Waals surface area contributed by atoms with Crippen LogP contribution in [-0.2, 0) is 7.05 Å². The van der Waals surface area contributed by atoms with E-state index >= 15 is 0 Å². The third-order valence-corrected chi connectivity index (χ3v) is 8.81. The molecule has 1 aliphatic carbocycles. The van der Waals surface area contributed by atoms with Crippen molar-refractivity contribution in [3.05, 3.63) is 82.7 Å². The molecule has 0 amide bonds. The minimum Gasteiger partial charge on any atom is -0.338 e. The number of fused-ring (bicyclic) bond motifs is 4. The maximum absolute atomic E-state index is 11.2.